The molecule has 0 amide bonds. The van der Waals surface area contributed by atoms with Crippen LogP contribution in [0.4, 0.5) is 0 Å². The van der Waals surface area contributed by atoms with Gasteiger partial charge in [0, 0.05) is 13.6 Å². The highest BCUT2D eigenvalue weighted by molar-refractivity contribution is 5.77. The number of carbonyl (C=O) groups is 1. The maximum Gasteiger partial charge on any atom is 0.331 e. The molecule has 2 aromatic rings. The van der Waals surface area contributed by atoms with Crippen molar-refractivity contribution in [2.24, 2.45) is 13.0 Å². The van der Waals surface area contributed by atoms with E-state index in [0.29, 0.717) is 23.9 Å². The van der Waals surface area contributed by atoms with Crippen molar-refractivity contribution in [3.05, 3.63) is 45.1 Å². The summed E-state index contributed by atoms with van der Waals surface area (Å²) in [6, 6.07) is 7.16. The molecule has 0 spiro atoms. The number of hydrogen-bond acceptors (Lipinski definition) is 4. The van der Waals surface area contributed by atoms with Gasteiger partial charge >= 0.3 is 5.69 Å². The molecule has 23 heavy (non-hydrogen) atoms. The molecule has 0 N–H and O–H groups in total. The van der Waals surface area contributed by atoms with Gasteiger partial charge in [0.05, 0.1) is 10.9 Å². The zero-order valence-corrected chi connectivity index (χ0v) is 13.1. The van der Waals surface area contributed by atoms with Crippen molar-refractivity contribution in [3.8, 4) is 0 Å². The molecule has 3 rings (SSSR count). The first-order chi connectivity index (χ1) is 11.1. The highest BCUT2D eigenvalue weighted by Crippen LogP contribution is 2.26. The largest absolute Gasteiger partial charge is 0.465 e. The fourth-order valence-corrected chi connectivity index (χ4v) is 3.41. The zero-order chi connectivity index (χ0) is 16.4. The maximum atomic E-state index is 12.6. The van der Waals surface area contributed by atoms with E-state index in [-0.39, 0.29) is 23.3 Å². The van der Waals surface area contributed by atoms with Crippen LogP contribution in [0.1, 0.15) is 25.7 Å². The molecular weight excluding hydrogens is 296 g/mol. The van der Waals surface area contributed by atoms with Crippen LogP contribution in [0.15, 0.2) is 33.9 Å². The van der Waals surface area contributed by atoms with Crippen molar-refractivity contribution in [2.75, 3.05) is 0 Å². The van der Waals surface area contributed by atoms with Crippen LogP contribution in [-0.4, -0.2) is 21.7 Å². The lowest BCUT2D eigenvalue weighted by Crippen LogP contribution is -2.41. The van der Waals surface area contributed by atoms with E-state index in [9.17, 15) is 14.4 Å². The van der Waals surface area contributed by atoms with Crippen LogP contribution in [0, 0.1) is 5.92 Å². The van der Waals surface area contributed by atoms with E-state index in [4.69, 9.17) is 4.74 Å². The van der Waals surface area contributed by atoms with E-state index in [0.717, 1.165) is 25.7 Å². The summed E-state index contributed by atoms with van der Waals surface area (Å²) in [4.78, 5) is 35.5. The monoisotopic (exact) mass is 316 g/mol. The molecule has 0 bridgehead atoms. The van der Waals surface area contributed by atoms with Crippen LogP contribution in [0.2, 0.25) is 0 Å². The van der Waals surface area contributed by atoms with Gasteiger partial charge in [0.2, 0.25) is 0 Å². The fourth-order valence-electron chi connectivity index (χ4n) is 3.41. The standard InChI is InChI=1S/C17H20N2O4/c1-18-15-5-3-2-4-14(15)16(21)19(17(18)22)10-12-6-8-13(9-7-12)23-11-20/h2-5,11-13H,6-10H2,1H3. The van der Waals surface area contributed by atoms with Crippen molar-refractivity contribution in [1.29, 1.82) is 0 Å². The van der Waals surface area contributed by atoms with Gasteiger partial charge < -0.3 is 4.74 Å². The van der Waals surface area contributed by atoms with E-state index in [1.54, 1.807) is 25.2 Å². The molecule has 1 aromatic carbocycles. The lowest BCUT2D eigenvalue weighted by molar-refractivity contribution is -0.135. The fraction of sp³-hybridized carbons (Fsp3) is 0.471. The molecule has 0 saturated heterocycles. The molecule has 1 saturated carbocycles. The second-order valence-electron chi connectivity index (χ2n) is 6.15. The summed E-state index contributed by atoms with van der Waals surface area (Å²) >= 11 is 0. The number of benzene rings is 1. The molecule has 122 valence electrons. The van der Waals surface area contributed by atoms with E-state index >= 15 is 0 Å². The lowest BCUT2D eigenvalue weighted by atomic mass is 9.87. The molecule has 6 nitrogen and oxygen atoms in total. The van der Waals surface area contributed by atoms with Crippen molar-refractivity contribution < 1.29 is 9.53 Å². The number of carbonyl (C=O) groups excluding carboxylic acids is 1. The van der Waals surface area contributed by atoms with E-state index in [2.05, 4.69) is 0 Å². The van der Waals surface area contributed by atoms with Gasteiger partial charge in [-0.3, -0.25) is 18.7 Å². The van der Waals surface area contributed by atoms with Gasteiger partial charge in [0.1, 0.15) is 6.10 Å². The van der Waals surface area contributed by atoms with Crippen molar-refractivity contribution in [3.63, 3.8) is 0 Å². The third-order valence-electron chi connectivity index (χ3n) is 4.74. The number of aryl methyl sites for hydroxylation is 1. The minimum atomic E-state index is -0.278. The van der Waals surface area contributed by atoms with Crippen LogP contribution in [-0.2, 0) is 23.1 Å². The number of hydrogen-bond donors (Lipinski definition) is 0. The Morgan fingerprint density at radius 1 is 1.17 bits per heavy atom. The highest BCUT2D eigenvalue weighted by atomic mass is 16.5. The van der Waals surface area contributed by atoms with Crippen molar-refractivity contribution >= 4 is 17.4 Å². The van der Waals surface area contributed by atoms with Gasteiger partial charge in [-0.15, -0.1) is 0 Å². The first kappa shape index (κ1) is 15.5. The maximum absolute atomic E-state index is 12.6. The Kier molecular flexibility index (Phi) is 4.32. The minimum Gasteiger partial charge on any atom is -0.465 e. The molecule has 0 unspecified atom stereocenters. The zero-order valence-electron chi connectivity index (χ0n) is 13.1. The number of rotatable bonds is 4. The molecular formula is C17H20N2O4. The minimum absolute atomic E-state index is 0.0279. The third kappa shape index (κ3) is 2.93. The number of ether oxygens (including phenoxy) is 1. The van der Waals surface area contributed by atoms with Gasteiger partial charge in [0.25, 0.3) is 12.0 Å². The lowest BCUT2D eigenvalue weighted by Gasteiger charge is -2.27. The summed E-state index contributed by atoms with van der Waals surface area (Å²) in [6.45, 7) is 0.915. The number of nitrogens with zero attached hydrogens (tertiary/aromatic N) is 2. The van der Waals surface area contributed by atoms with Crippen LogP contribution in [0.3, 0.4) is 0 Å². The van der Waals surface area contributed by atoms with E-state index in [1.807, 2.05) is 6.07 Å². The predicted molar refractivity (Wildman–Crippen MR) is 86.3 cm³/mol. The number of aromatic nitrogens is 2. The SMILES string of the molecule is Cn1c(=O)n(CC2CCC(OC=O)CC2)c(=O)c2ccccc21. The second kappa shape index (κ2) is 6.40. The Morgan fingerprint density at radius 2 is 1.87 bits per heavy atom. The normalized spacial score (nSPS) is 21.3. The average Bonchev–Trinajstić information content (AvgIpc) is 2.58. The van der Waals surface area contributed by atoms with E-state index in [1.165, 1.54) is 9.13 Å². The number of fused-ring (bicyclic) bond motifs is 1. The quantitative estimate of drug-likeness (QED) is 0.800. The van der Waals surface area contributed by atoms with Crippen LogP contribution in [0.25, 0.3) is 10.9 Å². The van der Waals surface area contributed by atoms with Crippen molar-refractivity contribution in [1.82, 2.24) is 9.13 Å². The molecule has 1 heterocycles. The topological polar surface area (TPSA) is 70.3 Å². The molecule has 0 aliphatic heterocycles. The summed E-state index contributed by atoms with van der Waals surface area (Å²) < 4.78 is 7.86. The van der Waals surface area contributed by atoms with E-state index < -0.39 is 0 Å². The molecule has 1 aliphatic rings. The summed E-state index contributed by atoms with van der Waals surface area (Å²) in [6.07, 6.45) is 3.24. The third-order valence-corrected chi connectivity index (χ3v) is 4.74. The first-order valence-electron chi connectivity index (χ1n) is 7.89. The Bertz CT molecular complexity index is 829. The molecule has 6 heteroatoms. The summed E-state index contributed by atoms with van der Waals surface area (Å²) in [5.41, 5.74) is 0.150. The smallest absolute Gasteiger partial charge is 0.331 e. The Morgan fingerprint density at radius 3 is 2.57 bits per heavy atom. The Labute approximate surface area is 133 Å². The Hall–Kier alpha value is -2.37. The first-order valence-corrected chi connectivity index (χ1v) is 7.89. The summed E-state index contributed by atoms with van der Waals surface area (Å²) in [7, 11) is 1.69. The number of para-hydroxylation sites is 1. The molecule has 1 aliphatic carbocycles. The van der Waals surface area contributed by atoms with Crippen LogP contribution >= 0.6 is 0 Å². The Balaban J connectivity index is 1.88. The molecule has 1 aromatic heterocycles. The molecule has 0 atom stereocenters. The average molecular weight is 316 g/mol. The predicted octanol–water partition coefficient (Wildman–Crippen LogP) is 1.43. The van der Waals surface area contributed by atoms with Crippen molar-refractivity contribution in [2.45, 2.75) is 38.3 Å². The molecule has 0 radical (unpaired) electrons. The van der Waals surface area contributed by atoms with Crippen LogP contribution in [0.5, 0.6) is 0 Å². The van der Waals surface area contributed by atoms with Gasteiger partial charge in [-0.1, -0.05) is 12.1 Å². The van der Waals surface area contributed by atoms with Crippen LogP contribution < -0.4 is 11.2 Å². The highest BCUT2D eigenvalue weighted by Gasteiger charge is 2.23. The second-order valence-corrected chi connectivity index (χ2v) is 6.15. The van der Waals surface area contributed by atoms with Gasteiger partial charge in [-0.25, -0.2) is 4.79 Å². The van der Waals surface area contributed by atoms with Gasteiger partial charge in [0.15, 0.2) is 0 Å². The summed E-state index contributed by atoms with van der Waals surface area (Å²) in [5, 5.41) is 0.563. The molecule has 1 fully saturated rings. The van der Waals surface area contributed by atoms with Gasteiger partial charge in [-0.2, -0.15) is 0 Å². The summed E-state index contributed by atoms with van der Waals surface area (Å²) in [5.74, 6) is 0.257. The van der Waals surface area contributed by atoms with Gasteiger partial charge in [-0.05, 0) is 43.7 Å².